The predicted octanol–water partition coefficient (Wildman–Crippen LogP) is 4.03. The fraction of sp³-hybridized carbons (Fsp3) is 0.562. The molecule has 3 heteroatoms. The van der Waals surface area contributed by atoms with Crippen molar-refractivity contribution in [3.8, 4) is 0 Å². The van der Waals surface area contributed by atoms with E-state index in [1.165, 1.54) is 32.6 Å². The Bertz CT molecular complexity index is 437. The van der Waals surface area contributed by atoms with Crippen LogP contribution in [0, 0.1) is 5.41 Å². The topological polar surface area (TPSA) is 41.1 Å². The van der Waals surface area contributed by atoms with Crippen molar-refractivity contribution in [1.29, 1.82) is 0 Å². The van der Waals surface area contributed by atoms with Crippen molar-refractivity contribution in [2.75, 3.05) is 10.6 Å². The predicted molar refractivity (Wildman–Crippen MR) is 80.4 cm³/mol. The third-order valence-electron chi connectivity index (χ3n) is 4.05. The zero-order chi connectivity index (χ0) is 13.9. The van der Waals surface area contributed by atoms with E-state index in [0.29, 0.717) is 11.5 Å². The van der Waals surface area contributed by atoms with Gasteiger partial charge in [-0.2, -0.15) is 0 Å². The van der Waals surface area contributed by atoms with Crippen LogP contribution in [0.2, 0.25) is 0 Å². The Kier molecular flexibility index (Phi) is 4.13. The molecule has 1 aromatic carbocycles. The van der Waals surface area contributed by atoms with Crippen LogP contribution in [0.4, 0.5) is 11.4 Å². The molecule has 1 aliphatic rings. The van der Waals surface area contributed by atoms with Gasteiger partial charge in [0.25, 0.3) is 0 Å². The first-order valence-electron chi connectivity index (χ1n) is 7.11. The molecule has 104 valence electrons. The van der Waals surface area contributed by atoms with E-state index < -0.39 is 0 Å². The van der Waals surface area contributed by atoms with Crippen LogP contribution in [0.5, 0.6) is 0 Å². The van der Waals surface area contributed by atoms with Gasteiger partial charge in [0.15, 0.2) is 0 Å². The average Bonchev–Trinajstić information content (AvgIpc) is 2.33. The van der Waals surface area contributed by atoms with E-state index >= 15 is 0 Å². The Morgan fingerprint density at radius 3 is 2.37 bits per heavy atom. The maximum Gasteiger partial charge on any atom is 0.221 e. The number of rotatable bonds is 3. The van der Waals surface area contributed by atoms with Crippen LogP contribution in [-0.4, -0.2) is 11.9 Å². The van der Waals surface area contributed by atoms with Gasteiger partial charge in [-0.1, -0.05) is 26.7 Å². The third-order valence-corrected chi connectivity index (χ3v) is 4.05. The lowest BCUT2D eigenvalue weighted by molar-refractivity contribution is -0.114. The summed E-state index contributed by atoms with van der Waals surface area (Å²) in [5.41, 5.74) is 2.34. The normalized spacial score (nSPS) is 21.7. The molecule has 1 aromatic rings. The second-order valence-corrected chi connectivity index (χ2v) is 6.19. The minimum Gasteiger partial charge on any atom is -0.382 e. The second kappa shape index (κ2) is 5.64. The Balaban J connectivity index is 2.00. The Hall–Kier alpha value is -1.51. The van der Waals surface area contributed by atoms with E-state index in [9.17, 15) is 4.79 Å². The fourth-order valence-electron chi connectivity index (χ4n) is 2.82. The van der Waals surface area contributed by atoms with Gasteiger partial charge < -0.3 is 10.6 Å². The molecule has 1 amide bonds. The molecule has 1 unspecified atom stereocenters. The largest absolute Gasteiger partial charge is 0.382 e. The highest BCUT2D eigenvalue weighted by molar-refractivity contribution is 5.88. The molecule has 1 saturated carbocycles. The first kappa shape index (κ1) is 13.9. The quantitative estimate of drug-likeness (QED) is 0.861. The Morgan fingerprint density at radius 1 is 1.16 bits per heavy atom. The zero-order valence-electron chi connectivity index (χ0n) is 12.1. The van der Waals surface area contributed by atoms with Crippen LogP contribution >= 0.6 is 0 Å². The molecule has 0 aliphatic heterocycles. The Morgan fingerprint density at radius 2 is 1.79 bits per heavy atom. The van der Waals surface area contributed by atoms with Crippen molar-refractivity contribution in [2.45, 2.75) is 52.5 Å². The summed E-state index contributed by atoms with van der Waals surface area (Å²) in [6.07, 6.45) is 5.17. The molecule has 3 nitrogen and oxygen atoms in total. The summed E-state index contributed by atoms with van der Waals surface area (Å²) in [6, 6.07) is 8.50. The van der Waals surface area contributed by atoms with E-state index in [0.717, 1.165) is 11.4 Å². The van der Waals surface area contributed by atoms with Gasteiger partial charge in [-0.3, -0.25) is 4.79 Å². The van der Waals surface area contributed by atoms with E-state index in [1.54, 1.807) is 0 Å². The van der Waals surface area contributed by atoms with Gasteiger partial charge in [0, 0.05) is 24.3 Å². The summed E-state index contributed by atoms with van der Waals surface area (Å²) in [6.45, 7) is 6.21. The average molecular weight is 260 g/mol. The van der Waals surface area contributed by atoms with E-state index in [2.05, 4.69) is 24.5 Å². The molecule has 1 aliphatic carbocycles. The monoisotopic (exact) mass is 260 g/mol. The molecule has 0 saturated heterocycles. The number of carbonyl (C=O) groups is 1. The first-order chi connectivity index (χ1) is 8.97. The fourth-order valence-corrected chi connectivity index (χ4v) is 2.82. The van der Waals surface area contributed by atoms with E-state index in [-0.39, 0.29) is 5.91 Å². The van der Waals surface area contributed by atoms with Crippen LogP contribution in [0.25, 0.3) is 0 Å². The van der Waals surface area contributed by atoms with Crippen molar-refractivity contribution in [3.05, 3.63) is 24.3 Å². The van der Waals surface area contributed by atoms with Gasteiger partial charge in [-0.25, -0.2) is 0 Å². The number of carbonyl (C=O) groups excluding carboxylic acids is 1. The summed E-state index contributed by atoms with van der Waals surface area (Å²) >= 11 is 0. The van der Waals surface area contributed by atoms with Gasteiger partial charge >= 0.3 is 0 Å². The van der Waals surface area contributed by atoms with Crippen LogP contribution in [0.1, 0.15) is 46.5 Å². The van der Waals surface area contributed by atoms with Crippen molar-refractivity contribution in [1.82, 2.24) is 0 Å². The van der Waals surface area contributed by atoms with Crippen molar-refractivity contribution >= 4 is 17.3 Å². The van der Waals surface area contributed by atoms with E-state index in [1.807, 2.05) is 24.3 Å². The second-order valence-electron chi connectivity index (χ2n) is 6.19. The molecule has 0 aromatic heterocycles. The lowest BCUT2D eigenvalue weighted by Crippen LogP contribution is -2.38. The van der Waals surface area contributed by atoms with Crippen LogP contribution in [0.15, 0.2) is 24.3 Å². The van der Waals surface area contributed by atoms with Crippen molar-refractivity contribution in [2.24, 2.45) is 5.41 Å². The maximum absolute atomic E-state index is 11.0. The number of nitrogens with one attached hydrogen (secondary N) is 2. The molecule has 19 heavy (non-hydrogen) atoms. The highest BCUT2D eigenvalue weighted by Gasteiger charge is 2.31. The smallest absolute Gasteiger partial charge is 0.221 e. The number of benzene rings is 1. The molecule has 0 radical (unpaired) electrons. The number of amides is 1. The molecule has 1 fully saturated rings. The minimum absolute atomic E-state index is 0.0332. The first-order valence-corrected chi connectivity index (χ1v) is 7.11. The van der Waals surface area contributed by atoms with Crippen LogP contribution in [0.3, 0.4) is 0 Å². The zero-order valence-corrected chi connectivity index (χ0v) is 12.1. The lowest BCUT2D eigenvalue weighted by Gasteiger charge is -2.39. The van der Waals surface area contributed by atoms with Gasteiger partial charge in [0.2, 0.25) is 5.91 Å². The summed E-state index contributed by atoms with van der Waals surface area (Å²) in [7, 11) is 0. The highest BCUT2D eigenvalue weighted by Crippen LogP contribution is 2.37. The van der Waals surface area contributed by atoms with Crippen molar-refractivity contribution in [3.63, 3.8) is 0 Å². The molecule has 2 rings (SSSR count). The summed E-state index contributed by atoms with van der Waals surface area (Å²) in [5, 5.41) is 6.42. The molecular formula is C16H24N2O. The van der Waals surface area contributed by atoms with Crippen LogP contribution in [-0.2, 0) is 4.79 Å². The third kappa shape index (κ3) is 3.72. The standard InChI is InChI=1S/C16H24N2O/c1-12(19)17-13-7-9-14(10-8-13)18-15-6-4-5-11-16(15,2)3/h7-10,15,18H,4-6,11H2,1-3H3,(H,17,19). The number of hydrogen-bond acceptors (Lipinski definition) is 2. The highest BCUT2D eigenvalue weighted by atomic mass is 16.1. The molecule has 2 N–H and O–H groups in total. The molecular weight excluding hydrogens is 236 g/mol. The van der Waals surface area contributed by atoms with Gasteiger partial charge in [0.1, 0.15) is 0 Å². The number of hydrogen-bond donors (Lipinski definition) is 2. The summed E-state index contributed by atoms with van der Waals surface area (Å²) < 4.78 is 0. The lowest BCUT2D eigenvalue weighted by atomic mass is 9.73. The maximum atomic E-state index is 11.0. The minimum atomic E-state index is -0.0332. The van der Waals surface area contributed by atoms with Crippen LogP contribution < -0.4 is 10.6 Å². The van der Waals surface area contributed by atoms with Gasteiger partial charge in [-0.15, -0.1) is 0 Å². The SMILES string of the molecule is CC(=O)Nc1ccc(NC2CCCCC2(C)C)cc1. The van der Waals surface area contributed by atoms with Crippen molar-refractivity contribution < 1.29 is 4.79 Å². The molecule has 0 heterocycles. The van der Waals surface area contributed by atoms with Gasteiger partial charge in [0.05, 0.1) is 0 Å². The summed E-state index contributed by atoms with van der Waals surface area (Å²) in [4.78, 5) is 11.0. The molecule has 0 spiro atoms. The number of anilines is 2. The molecule has 0 bridgehead atoms. The van der Waals surface area contributed by atoms with E-state index in [4.69, 9.17) is 0 Å². The Labute approximate surface area is 115 Å². The summed E-state index contributed by atoms with van der Waals surface area (Å²) in [5.74, 6) is -0.0332. The van der Waals surface area contributed by atoms with Gasteiger partial charge in [-0.05, 0) is 42.5 Å². The molecule has 1 atom stereocenters.